The number of aromatic nitrogens is 1. The van der Waals surface area contributed by atoms with Gasteiger partial charge in [0.15, 0.2) is 0 Å². The van der Waals surface area contributed by atoms with Gasteiger partial charge in [0.1, 0.15) is 11.8 Å². The number of rotatable bonds is 3. The van der Waals surface area contributed by atoms with Crippen LogP contribution in [0.2, 0.25) is 0 Å². The molecule has 1 aromatic carbocycles. The number of nitrogens with zero attached hydrogens (tertiary/aromatic N) is 2. The number of amides is 1. The molecule has 0 bridgehead atoms. The number of carbonyl (C=O) groups is 1. The Morgan fingerprint density at radius 1 is 1.40 bits per heavy atom. The number of nitrogens with one attached hydrogen (secondary N) is 1. The molecule has 0 saturated carbocycles. The number of hydrogen-bond acceptors (Lipinski definition) is 3. The van der Waals surface area contributed by atoms with Crippen LogP contribution in [-0.2, 0) is 6.42 Å². The number of nitriles is 1. The third-order valence-corrected chi connectivity index (χ3v) is 3.12. The van der Waals surface area contributed by atoms with Crippen molar-refractivity contribution in [3.8, 4) is 6.07 Å². The fourth-order valence-electron chi connectivity index (χ4n) is 2.02. The van der Waals surface area contributed by atoms with Crippen LogP contribution in [0.1, 0.15) is 34.1 Å². The van der Waals surface area contributed by atoms with Gasteiger partial charge in [0.2, 0.25) is 0 Å². The van der Waals surface area contributed by atoms with E-state index < -0.39 is 0 Å². The Morgan fingerprint density at radius 3 is 2.90 bits per heavy atom. The van der Waals surface area contributed by atoms with Crippen LogP contribution in [-0.4, -0.2) is 10.9 Å². The van der Waals surface area contributed by atoms with E-state index in [0.29, 0.717) is 5.56 Å². The Bertz CT molecular complexity index is 686. The van der Waals surface area contributed by atoms with Gasteiger partial charge in [-0.2, -0.15) is 5.26 Å². The van der Waals surface area contributed by atoms with Crippen molar-refractivity contribution in [1.29, 1.82) is 5.26 Å². The first-order chi connectivity index (χ1) is 9.65. The van der Waals surface area contributed by atoms with Crippen molar-refractivity contribution in [2.75, 3.05) is 5.32 Å². The highest BCUT2D eigenvalue weighted by atomic mass is 16.1. The Hall–Kier alpha value is -2.67. The van der Waals surface area contributed by atoms with Gasteiger partial charge in [-0.1, -0.05) is 25.1 Å². The Morgan fingerprint density at radius 2 is 2.20 bits per heavy atom. The molecule has 0 saturated heterocycles. The zero-order valence-corrected chi connectivity index (χ0v) is 11.5. The predicted octanol–water partition coefficient (Wildman–Crippen LogP) is 3.08. The maximum absolute atomic E-state index is 12.3. The molecule has 4 nitrogen and oxygen atoms in total. The minimum Gasteiger partial charge on any atom is -0.321 e. The molecule has 0 unspecified atom stereocenters. The smallest absolute Gasteiger partial charge is 0.255 e. The zero-order chi connectivity index (χ0) is 14.5. The molecule has 0 aliphatic rings. The lowest BCUT2D eigenvalue weighted by Gasteiger charge is -2.12. The maximum atomic E-state index is 12.3. The SMILES string of the molecule is CCc1cccc(C)c1NC(=O)c1ccnc(C#N)c1. The Balaban J connectivity index is 2.30. The summed E-state index contributed by atoms with van der Waals surface area (Å²) in [5, 5.41) is 11.7. The quantitative estimate of drug-likeness (QED) is 0.927. The number of pyridine rings is 1. The molecule has 1 amide bonds. The molecule has 1 heterocycles. The van der Waals surface area contributed by atoms with E-state index in [-0.39, 0.29) is 11.6 Å². The van der Waals surface area contributed by atoms with Crippen molar-refractivity contribution in [3.63, 3.8) is 0 Å². The molecule has 4 heteroatoms. The minimum atomic E-state index is -0.229. The van der Waals surface area contributed by atoms with Gasteiger partial charge in [0.05, 0.1) is 0 Å². The van der Waals surface area contributed by atoms with E-state index in [1.165, 1.54) is 12.3 Å². The van der Waals surface area contributed by atoms with Crippen molar-refractivity contribution < 1.29 is 4.79 Å². The topological polar surface area (TPSA) is 65.8 Å². The fourth-order valence-corrected chi connectivity index (χ4v) is 2.02. The van der Waals surface area contributed by atoms with Crippen LogP contribution in [0.4, 0.5) is 5.69 Å². The molecule has 0 fully saturated rings. The molecule has 0 radical (unpaired) electrons. The van der Waals surface area contributed by atoms with Crippen LogP contribution < -0.4 is 5.32 Å². The highest BCUT2D eigenvalue weighted by molar-refractivity contribution is 6.05. The summed E-state index contributed by atoms with van der Waals surface area (Å²) >= 11 is 0. The monoisotopic (exact) mass is 265 g/mol. The zero-order valence-electron chi connectivity index (χ0n) is 11.5. The second-order valence-electron chi connectivity index (χ2n) is 4.46. The summed E-state index contributed by atoms with van der Waals surface area (Å²) in [6.45, 7) is 4.01. The number of anilines is 1. The van der Waals surface area contributed by atoms with Gasteiger partial charge in [0, 0.05) is 17.4 Å². The van der Waals surface area contributed by atoms with Crippen LogP contribution in [0, 0.1) is 18.3 Å². The molecule has 2 aromatic rings. The average molecular weight is 265 g/mol. The first-order valence-corrected chi connectivity index (χ1v) is 6.41. The van der Waals surface area contributed by atoms with Gasteiger partial charge >= 0.3 is 0 Å². The lowest BCUT2D eigenvalue weighted by Crippen LogP contribution is -2.14. The normalized spacial score (nSPS) is 9.85. The second-order valence-corrected chi connectivity index (χ2v) is 4.46. The molecule has 20 heavy (non-hydrogen) atoms. The van der Waals surface area contributed by atoms with Crippen LogP contribution in [0.5, 0.6) is 0 Å². The van der Waals surface area contributed by atoms with E-state index in [4.69, 9.17) is 5.26 Å². The van der Waals surface area contributed by atoms with E-state index in [1.807, 2.05) is 38.1 Å². The van der Waals surface area contributed by atoms with Gasteiger partial charge in [-0.25, -0.2) is 4.98 Å². The maximum Gasteiger partial charge on any atom is 0.255 e. The van der Waals surface area contributed by atoms with E-state index in [9.17, 15) is 4.79 Å². The van der Waals surface area contributed by atoms with E-state index in [0.717, 1.165) is 23.2 Å². The van der Waals surface area contributed by atoms with Crippen molar-refractivity contribution >= 4 is 11.6 Å². The molecule has 1 N–H and O–H groups in total. The molecule has 0 aliphatic carbocycles. The summed E-state index contributed by atoms with van der Waals surface area (Å²) in [6.07, 6.45) is 2.31. The number of hydrogen-bond donors (Lipinski definition) is 1. The summed E-state index contributed by atoms with van der Waals surface area (Å²) in [7, 11) is 0. The number of aryl methyl sites for hydroxylation is 2. The predicted molar refractivity (Wildman–Crippen MR) is 77.5 cm³/mol. The summed E-state index contributed by atoms with van der Waals surface area (Å²) in [5.41, 5.74) is 3.62. The molecule has 2 rings (SSSR count). The van der Waals surface area contributed by atoms with Crippen LogP contribution >= 0.6 is 0 Å². The molecule has 0 spiro atoms. The summed E-state index contributed by atoms with van der Waals surface area (Å²) in [4.78, 5) is 16.1. The summed E-state index contributed by atoms with van der Waals surface area (Å²) in [5.74, 6) is -0.229. The minimum absolute atomic E-state index is 0.229. The largest absolute Gasteiger partial charge is 0.321 e. The highest BCUT2D eigenvalue weighted by Crippen LogP contribution is 2.21. The van der Waals surface area contributed by atoms with Crippen molar-refractivity contribution in [3.05, 3.63) is 58.9 Å². The lowest BCUT2D eigenvalue weighted by atomic mass is 10.1. The fraction of sp³-hybridized carbons (Fsp3) is 0.188. The number of carbonyl (C=O) groups excluding carboxylic acids is 1. The molecular formula is C16H15N3O. The molecule has 0 atom stereocenters. The third kappa shape index (κ3) is 2.83. The number of para-hydroxylation sites is 1. The Labute approximate surface area is 118 Å². The van der Waals surface area contributed by atoms with Gasteiger partial charge in [-0.15, -0.1) is 0 Å². The third-order valence-electron chi connectivity index (χ3n) is 3.12. The van der Waals surface area contributed by atoms with Crippen molar-refractivity contribution in [2.45, 2.75) is 20.3 Å². The average Bonchev–Trinajstić information content (AvgIpc) is 2.49. The molecular weight excluding hydrogens is 250 g/mol. The number of benzene rings is 1. The van der Waals surface area contributed by atoms with Crippen LogP contribution in [0.3, 0.4) is 0 Å². The van der Waals surface area contributed by atoms with E-state index >= 15 is 0 Å². The van der Waals surface area contributed by atoms with Gasteiger partial charge in [-0.05, 0) is 36.6 Å². The van der Waals surface area contributed by atoms with E-state index in [2.05, 4.69) is 10.3 Å². The summed E-state index contributed by atoms with van der Waals surface area (Å²) < 4.78 is 0. The summed E-state index contributed by atoms with van der Waals surface area (Å²) in [6, 6.07) is 10.9. The first kappa shape index (κ1) is 13.8. The van der Waals surface area contributed by atoms with Crippen LogP contribution in [0.25, 0.3) is 0 Å². The van der Waals surface area contributed by atoms with Crippen molar-refractivity contribution in [1.82, 2.24) is 4.98 Å². The van der Waals surface area contributed by atoms with Gasteiger partial charge in [-0.3, -0.25) is 4.79 Å². The first-order valence-electron chi connectivity index (χ1n) is 6.41. The van der Waals surface area contributed by atoms with Gasteiger partial charge in [0.25, 0.3) is 5.91 Å². The highest BCUT2D eigenvalue weighted by Gasteiger charge is 2.11. The molecule has 0 aliphatic heterocycles. The second kappa shape index (κ2) is 5.98. The van der Waals surface area contributed by atoms with Gasteiger partial charge < -0.3 is 5.32 Å². The van der Waals surface area contributed by atoms with E-state index in [1.54, 1.807) is 6.07 Å². The molecule has 1 aromatic heterocycles. The Kier molecular flexibility index (Phi) is 4.11. The standard InChI is InChI=1S/C16H15N3O/c1-3-12-6-4-5-11(2)15(12)19-16(20)13-7-8-18-14(9-13)10-17/h4-9H,3H2,1-2H3,(H,19,20). The lowest BCUT2D eigenvalue weighted by molar-refractivity contribution is 0.102. The molecule has 100 valence electrons. The van der Waals surface area contributed by atoms with Crippen molar-refractivity contribution in [2.24, 2.45) is 0 Å². The van der Waals surface area contributed by atoms with Crippen LogP contribution in [0.15, 0.2) is 36.5 Å².